The SMILES string of the molecule is CC1(C)c2c(c(P(=O)(c3ccccc3)c3ccccc3)c3ccccc3c2P(=O)(c2ccccc2)c2ccccc2)C1(C)C. The van der Waals surface area contributed by atoms with Crippen LogP contribution in [0.4, 0.5) is 0 Å². The van der Waals surface area contributed by atoms with Crippen LogP contribution < -0.4 is 31.8 Å². The lowest BCUT2D eigenvalue weighted by Gasteiger charge is -2.57. The molecule has 6 aromatic carbocycles. The molecule has 0 saturated carbocycles. The van der Waals surface area contributed by atoms with Gasteiger partial charge >= 0.3 is 0 Å². The largest absolute Gasteiger partial charge is 0.309 e. The average molecular weight is 611 g/mol. The molecule has 0 aliphatic heterocycles. The summed E-state index contributed by atoms with van der Waals surface area (Å²) in [6.07, 6.45) is 0. The Bertz CT molecular complexity index is 1860. The van der Waals surface area contributed by atoms with Crippen LogP contribution in [0.25, 0.3) is 10.8 Å². The minimum atomic E-state index is -3.38. The first-order chi connectivity index (χ1) is 21.1. The molecule has 0 fully saturated rings. The zero-order valence-electron chi connectivity index (χ0n) is 25.6. The second-order valence-corrected chi connectivity index (χ2v) is 18.2. The summed E-state index contributed by atoms with van der Waals surface area (Å²) in [4.78, 5) is 0. The predicted molar refractivity (Wildman–Crippen MR) is 189 cm³/mol. The zero-order valence-corrected chi connectivity index (χ0v) is 27.4. The summed E-state index contributed by atoms with van der Waals surface area (Å²) in [6.45, 7) is 9.03. The standard InChI is InChI=1S/C40H36O2P2/c1-39(2)35-36(40(39,3)4)38(44(42,31-23-13-7-14-24-31)32-25-15-8-16-26-32)34-28-18-17-27-33(34)37(35)43(41,29-19-9-5-10-20-29)30-21-11-6-12-22-30/h5-28H,1-4H3. The molecular formula is C40H36O2P2. The van der Waals surface area contributed by atoms with Gasteiger partial charge in [0.25, 0.3) is 0 Å². The summed E-state index contributed by atoms with van der Waals surface area (Å²) in [5.74, 6) is 0. The molecule has 1 aliphatic rings. The predicted octanol–water partition coefficient (Wildman–Crippen LogP) is 7.69. The Morgan fingerprint density at radius 2 is 0.591 bits per heavy atom. The highest BCUT2D eigenvalue weighted by Gasteiger charge is 2.58. The van der Waals surface area contributed by atoms with E-state index in [4.69, 9.17) is 0 Å². The van der Waals surface area contributed by atoms with Crippen molar-refractivity contribution in [2.45, 2.75) is 38.5 Å². The minimum absolute atomic E-state index is 0.339. The highest BCUT2D eigenvalue weighted by Crippen LogP contribution is 2.62. The van der Waals surface area contributed by atoms with Crippen LogP contribution in [0.2, 0.25) is 0 Å². The number of benzene rings is 6. The van der Waals surface area contributed by atoms with Gasteiger partial charge in [-0.3, -0.25) is 0 Å². The Balaban J connectivity index is 1.72. The van der Waals surface area contributed by atoms with Crippen molar-refractivity contribution >= 4 is 56.9 Å². The van der Waals surface area contributed by atoms with E-state index in [0.717, 1.165) is 53.7 Å². The molecule has 0 aromatic heterocycles. The summed E-state index contributed by atoms with van der Waals surface area (Å²) in [7, 11) is -6.75. The molecule has 2 nitrogen and oxygen atoms in total. The minimum Gasteiger partial charge on any atom is -0.309 e. The van der Waals surface area contributed by atoms with Crippen molar-refractivity contribution < 1.29 is 9.13 Å². The summed E-state index contributed by atoms with van der Waals surface area (Å²) in [5.41, 5.74) is 1.46. The average Bonchev–Trinajstić information content (AvgIpc) is 3.08. The van der Waals surface area contributed by atoms with Gasteiger partial charge in [-0.05, 0) is 32.7 Å². The fourth-order valence-corrected chi connectivity index (χ4v) is 13.7. The van der Waals surface area contributed by atoms with Gasteiger partial charge in [-0.15, -0.1) is 0 Å². The first kappa shape index (κ1) is 28.8. The van der Waals surface area contributed by atoms with Gasteiger partial charge < -0.3 is 9.13 Å². The number of hydrogen-bond acceptors (Lipinski definition) is 2. The zero-order chi connectivity index (χ0) is 30.7. The van der Waals surface area contributed by atoms with Crippen LogP contribution in [0.5, 0.6) is 0 Å². The monoisotopic (exact) mass is 610 g/mol. The highest BCUT2D eigenvalue weighted by atomic mass is 31.2. The van der Waals surface area contributed by atoms with E-state index < -0.39 is 14.3 Å². The molecule has 7 rings (SSSR count). The number of fused-ring (bicyclic) bond motifs is 2. The molecule has 0 bridgehead atoms. The van der Waals surface area contributed by atoms with Crippen molar-refractivity contribution in [2.24, 2.45) is 0 Å². The van der Waals surface area contributed by atoms with Gasteiger partial charge in [-0.25, -0.2) is 0 Å². The van der Waals surface area contributed by atoms with Crippen LogP contribution in [0.1, 0.15) is 38.8 Å². The lowest BCUT2D eigenvalue weighted by molar-refractivity contribution is 0.247. The second kappa shape index (κ2) is 10.3. The van der Waals surface area contributed by atoms with Gasteiger partial charge in [-0.2, -0.15) is 0 Å². The van der Waals surface area contributed by atoms with Gasteiger partial charge in [-0.1, -0.05) is 173 Å². The molecule has 0 saturated heterocycles. The number of rotatable bonds is 6. The molecule has 0 spiro atoms. The van der Waals surface area contributed by atoms with Crippen molar-refractivity contribution in [2.75, 3.05) is 0 Å². The van der Waals surface area contributed by atoms with Crippen molar-refractivity contribution in [3.8, 4) is 0 Å². The van der Waals surface area contributed by atoms with Gasteiger partial charge in [0.2, 0.25) is 0 Å². The van der Waals surface area contributed by atoms with Crippen LogP contribution in [-0.2, 0) is 20.0 Å². The molecule has 44 heavy (non-hydrogen) atoms. The van der Waals surface area contributed by atoms with E-state index >= 15 is 9.13 Å². The smallest absolute Gasteiger partial charge is 0.171 e. The van der Waals surface area contributed by atoms with Crippen molar-refractivity contribution in [1.82, 2.24) is 0 Å². The molecule has 1 aliphatic carbocycles. The first-order valence-corrected chi connectivity index (χ1v) is 18.6. The fourth-order valence-electron chi connectivity index (χ4n) is 7.20. The summed E-state index contributed by atoms with van der Waals surface area (Å²) in [5, 5.41) is 6.80. The molecule has 0 unspecified atom stereocenters. The normalized spacial score (nSPS) is 15.4. The fraction of sp³-hybridized carbons (Fsp3) is 0.150. The Morgan fingerprint density at radius 1 is 0.364 bits per heavy atom. The molecular weight excluding hydrogens is 574 g/mol. The highest BCUT2D eigenvalue weighted by molar-refractivity contribution is 7.86. The van der Waals surface area contributed by atoms with Crippen LogP contribution in [0.3, 0.4) is 0 Å². The topological polar surface area (TPSA) is 34.1 Å². The molecule has 0 heterocycles. The Morgan fingerprint density at radius 3 is 0.841 bits per heavy atom. The molecule has 4 heteroatoms. The maximum Gasteiger partial charge on any atom is 0.171 e. The Labute approximate surface area is 260 Å². The second-order valence-electron chi connectivity index (χ2n) is 12.8. The third-order valence-electron chi connectivity index (χ3n) is 10.1. The van der Waals surface area contributed by atoms with E-state index in [0.29, 0.717) is 0 Å². The van der Waals surface area contributed by atoms with E-state index in [9.17, 15) is 0 Å². The Kier molecular flexibility index (Phi) is 6.74. The van der Waals surface area contributed by atoms with Crippen molar-refractivity contribution in [1.29, 1.82) is 0 Å². The molecule has 0 atom stereocenters. The van der Waals surface area contributed by atoms with Crippen molar-refractivity contribution in [3.05, 3.63) is 157 Å². The van der Waals surface area contributed by atoms with E-state index in [1.165, 1.54) is 0 Å². The van der Waals surface area contributed by atoms with E-state index in [1.54, 1.807) is 0 Å². The lowest BCUT2D eigenvalue weighted by atomic mass is 9.49. The van der Waals surface area contributed by atoms with Crippen LogP contribution in [-0.4, -0.2) is 0 Å². The molecule has 218 valence electrons. The third-order valence-corrected chi connectivity index (χ3v) is 16.4. The summed E-state index contributed by atoms with van der Waals surface area (Å²) < 4.78 is 32.3. The van der Waals surface area contributed by atoms with E-state index in [2.05, 4.69) is 39.8 Å². The maximum atomic E-state index is 16.2. The first-order valence-electron chi connectivity index (χ1n) is 15.2. The van der Waals surface area contributed by atoms with Crippen molar-refractivity contribution in [3.63, 3.8) is 0 Å². The van der Waals surface area contributed by atoms with Crippen LogP contribution >= 0.6 is 14.3 Å². The quantitative estimate of drug-likeness (QED) is 0.181. The molecule has 6 aromatic rings. The van der Waals surface area contributed by atoms with Gasteiger partial charge in [0, 0.05) is 31.8 Å². The van der Waals surface area contributed by atoms with Crippen LogP contribution in [0.15, 0.2) is 146 Å². The van der Waals surface area contributed by atoms with Gasteiger partial charge in [0.05, 0.1) is 0 Å². The molecule has 0 amide bonds. The molecule has 0 radical (unpaired) electrons. The van der Waals surface area contributed by atoms with E-state index in [1.807, 2.05) is 133 Å². The summed E-state index contributed by atoms with van der Waals surface area (Å²) >= 11 is 0. The Hall–Kier alpha value is -3.96. The van der Waals surface area contributed by atoms with Gasteiger partial charge in [0.15, 0.2) is 14.3 Å². The number of hydrogen-bond donors (Lipinski definition) is 0. The third kappa shape index (κ3) is 3.88. The van der Waals surface area contributed by atoms with Crippen LogP contribution in [0, 0.1) is 0 Å². The van der Waals surface area contributed by atoms with Gasteiger partial charge in [0.1, 0.15) is 0 Å². The molecule has 0 N–H and O–H groups in total. The summed E-state index contributed by atoms with van der Waals surface area (Å²) in [6, 6.07) is 47.9. The maximum absolute atomic E-state index is 16.2. The lowest BCUT2D eigenvalue weighted by Crippen LogP contribution is -2.58. The van der Waals surface area contributed by atoms with E-state index in [-0.39, 0.29) is 10.8 Å².